The van der Waals surface area contributed by atoms with Crippen molar-refractivity contribution in [3.05, 3.63) is 0 Å². The van der Waals surface area contributed by atoms with Gasteiger partial charge in [0.2, 0.25) is 0 Å². The third kappa shape index (κ3) is 5.72. The van der Waals surface area contributed by atoms with Gasteiger partial charge in [-0.1, -0.05) is 0 Å². The summed E-state index contributed by atoms with van der Waals surface area (Å²) in [6.45, 7) is 4.31. The molecular weight excluding hydrogens is 224 g/mol. The van der Waals surface area contributed by atoms with Crippen molar-refractivity contribution < 1.29 is 9.53 Å². The highest BCUT2D eigenvalue weighted by atomic mass is 32.2. The lowest BCUT2D eigenvalue weighted by molar-refractivity contribution is -0.146. The van der Waals surface area contributed by atoms with Gasteiger partial charge in [-0.25, -0.2) is 0 Å². The standard InChI is InChI=1S/C7H13NO2.C4H9NS/c1-10-7(9)6-2-4-8-5-3-6;1-3-6-4-2-5-1/h6,8H,2-5H2,1H3;5H,1-4H2. The molecule has 0 atom stereocenters. The average Bonchev–Trinajstić information content (AvgIpc) is 2.41. The van der Waals surface area contributed by atoms with Gasteiger partial charge in [0.25, 0.3) is 0 Å². The number of esters is 1. The van der Waals surface area contributed by atoms with Crippen molar-refractivity contribution in [2.45, 2.75) is 12.8 Å². The molecule has 5 heteroatoms. The molecule has 0 aromatic heterocycles. The Labute approximate surface area is 102 Å². The average molecular weight is 246 g/mol. The summed E-state index contributed by atoms with van der Waals surface area (Å²) >= 11 is 2.03. The van der Waals surface area contributed by atoms with E-state index >= 15 is 0 Å². The van der Waals surface area contributed by atoms with Crippen LogP contribution in [0.4, 0.5) is 0 Å². The maximum Gasteiger partial charge on any atom is 0.308 e. The number of hydrogen-bond acceptors (Lipinski definition) is 5. The second kappa shape index (κ2) is 8.84. The molecule has 2 rings (SSSR count). The first-order valence-corrected chi connectivity index (χ1v) is 7.07. The molecule has 0 aromatic carbocycles. The zero-order chi connectivity index (χ0) is 11.6. The van der Waals surface area contributed by atoms with Crippen molar-refractivity contribution >= 4 is 17.7 Å². The van der Waals surface area contributed by atoms with Crippen LogP contribution < -0.4 is 10.6 Å². The Kier molecular flexibility index (Phi) is 7.63. The number of thioether (sulfide) groups is 1. The van der Waals surface area contributed by atoms with Crippen LogP contribution in [0.3, 0.4) is 0 Å². The van der Waals surface area contributed by atoms with Crippen LogP contribution in [0.5, 0.6) is 0 Å². The smallest absolute Gasteiger partial charge is 0.308 e. The quantitative estimate of drug-likeness (QED) is 0.659. The summed E-state index contributed by atoms with van der Waals surface area (Å²) in [6.07, 6.45) is 1.85. The molecule has 16 heavy (non-hydrogen) atoms. The predicted molar refractivity (Wildman–Crippen MR) is 67.8 cm³/mol. The second-order valence-corrected chi connectivity index (χ2v) is 5.13. The van der Waals surface area contributed by atoms with Crippen LogP contribution in [0, 0.1) is 5.92 Å². The van der Waals surface area contributed by atoms with Gasteiger partial charge in [0.05, 0.1) is 13.0 Å². The van der Waals surface area contributed by atoms with Gasteiger partial charge in [-0.3, -0.25) is 4.79 Å². The van der Waals surface area contributed by atoms with Crippen molar-refractivity contribution in [3.63, 3.8) is 0 Å². The van der Waals surface area contributed by atoms with Crippen molar-refractivity contribution in [2.75, 3.05) is 44.8 Å². The minimum absolute atomic E-state index is 0.0542. The summed E-state index contributed by atoms with van der Waals surface area (Å²) in [5.74, 6) is 2.70. The van der Waals surface area contributed by atoms with E-state index in [1.807, 2.05) is 11.8 Å². The number of rotatable bonds is 1. The molecule has 2 saturated heterocycles. The maximum atomic E-state index is 10.9. The highest BCUT2D eigenvalue weighted by Gasteiger charge is 2.20. The van der Waals surface area contributed by atoms with Crippen LogP contribution in [-0.4, -0.2) is 50.8 Å². The van der Waals surface area contributed by atoms with Gasteiger partial charge >= 0.3 is 5.97 Å². The van der Waals surface area contributed by atoms with Crippen LogP contribution in [-0.2, 0) is 9.53 Å². The van der Waals surface area contributed by atoms with Gasteiger partial charge < -0.3 is 15.4 Å². The normalized spacial score (nSPS) is 21.8. The molecule has 2 N–H and O–H groups in total. The monoisotopic (exact) mass is 246 g/mol. The predicted octanol–water partition coefficient (Wildman–Crippen LogP) is 0.482. The van der Waals surface area contributed by atoms with Crippen molar-refractivity contribution in [3.8, 4) is 0 Å². The van der Waals surface area contributed by atoms with E-state index in [-0.39, 0.29) is 11.9 Å². The fourth-order valence-corrected chi connectivity index (χ4v) is 2.52. The Morgan fingerprint density at radius 3 is 2.06 bits per heavy atom. The number of ether oxygens (including phenoxy) is 1. The third-order valence-corrected chi connectivity index (χ3v) is 3.71. The fraction of sp³-hybridized carbons (Fsp3) is 0.909. The minimum atomic E-state index is -0.0542. The molecule has 0 bridgehead atoms. The van der Waals surface area contributed by atoms with E-state index in [9.17, 15) is 4.79 Å². The van der Waals surface area contributed by atoms with Gasteiger partial charge in [-0.05, 0) is 25.9 Å². The van der Waals surface area contributed by atoms with Gasteiger partial charge in [0, 0.05) is 24.6 Å². The molecule has 0 aromatic rings. The topological polar surface area (TPSA) is 50.4 Å². The summed E-state index contributed by atoms with van der Waals surface area (Å²) in [6, 6.07) is 0. The minimum Gasteiger partial charge on any atom is -0.469 e. The summed E-state index contributed by atoms with van der Waals surface area (Å²) in [7, 11) is 1.45. The molecule has 2 heterocycles. The lowest BCUT2D eigenvalue weighted by Gasteiger charge is -2.19. The number of hydrogen-bond donors (Lipinski definition) is 2. The summed E-state index contributed by atoms with van der Waals surface area (Å²) in [5, 5.41) is 6.45. The number of carbonyl (C=O) groups excluding carboxylic acids is 1. The van der Waals surface area contributed by atoms with Gasteiger partial charge in [0.1, 0.15) is 0 Å². The zero-order valence-corrected chi connectivity index (χ0v) is 10.8. The molecule has 2 fully saturated rings. The lowest BCUT2D eigenvalue weighted by atomic mass is 9.99. The highest BCUT2D eigenvalue weighted by molar-refractivity contribution is 7.99. The maximum absolute atomic E-state index is 10.9. The Balaban J connectivity index is 0.000000181. The van der Waals surface area contributed by atoms with E-state index in [0.717, 1.165) is 25.9 Å². The Morgan fingerprint density at radius 1 is 1.12 bits per heavy atom. The first kappa shape index (κ1) is 13.8. The summed E-state index contributed by atoms with van der Waals surface area (Å²) in [4.78, 5) is 10.9. The first-order valence-electron chi connectivity index (χ1n) is 5.91. The van der Waals surface area contributed by atoms with Crippen LogP contribution in [0.15, 0.2) is 0 Å². The third-order valence-electron chi connectivity index (χ3n) is 2.72. The molecule has 4 nitrogen and oxygen atoms in total. The van der Waals surface area contributed by atoms with Crippen LogP contribution in [0.25, 0.3) is 0 Å². The molecule has 94 valence electrons. The Hall–Kier alpha value is -0.260. The van der Waals surface area contributed by atoms with Crippen molar-refractivity contribution in [1.82, 2.24) is 10.6 Å². The van der Waals surface area contributed by atoms with Crippen molar-refractivity contribution in [1.29, 1.82) is 0 Å². The van der Waals surface area contributed by atoms with Crippen LogP contribution in [0.2, 0.25) is 0 Å². The van der Waals surface area contributed by atoms with Crippen molar-refractivity contribution in [2.24, 2.45) is 5.92 Å². The van der Waals surface area contributed by atoms with E-state index in [1.165, 1.54) is 31.7 Å². The van der Waals surface area contributed by atoms with E-state index in [4.69, 9.17) is 0 Å². The molecule has 2 aliphatic heterocycles. The second-order valence-electron chi connectivity index (χ2n) is 3.91. The summed E-state index contributed by atoms with van der Waals surface area (Å²) in [5.41, 5.74) is 0. The molecule has 0 saturated carbocycles. The first-order chi connectivity index (χ1) is 7.84. The molecule has 0 aliphatic carbocycles. The molecule has 0 spiro atoms. The lowest BCUT2D eigenvalue weighted by Crippen LogP contribution is -2.32. The Morgan fingerprint density at radius 2 is 1.69 bits per heavy atom. The highest BCUT2D eigenvalue weighted by Crippen LogP contribution is 2.12. The van der Waals surface area contributed by atoms with Crippen LogP contribution >= 0.6 is 11.8 Å². The van der Waals surface area contributed by atoms with Gasteiger partial charge in [-0.2, -0.15) is 11.8 Å². The number of carbonyl (C=O) groups is 1. The summed E-state index contributed by atoms with van der Waals surface area (Å²) < 4.78 is 4.62. The number of piperidine rings is 1. The fourth-order valence-electron chi connectivity index (χ4n) is 1.74. The molecular formula is C11H22N2O2S. The van der Waals surface area contributed by atoms with E-state index < -0.39 is 0 Å². The Bertz CT molecular complexity index is 181. The van der Waals surface area contributed by atoms with Crippen LogP contribution in [0.1, 0.15) is 12.8 Å². The zero-order valence-electron chi connectivity index (χ0n) is 9.96. The number of methoxy groups -OCH3 is 1. The van der Waals surface area contributed by atoms with Gasteiger partial charge in [-0.15, -0.1) is 0 Å². The SMILES string of the molecule is C1CSCCN1.COC(=O)C1CCNCC1. The largest absolute Gasteiger partial charge is 0.469 e. The van der Waals surface area contributed by atoms with Gasteiger partial charge in [0.15, 0.2) is 0 Å². The van der Waals surface area contributed by atoms with E-state index in [0.29, 0.717) is 0 Å². The van der Waals surface area contributed by atoms with E-state index in [1.54, 1.807) is 0 Å². The number of nitrogens with one attached hydrogen (secondary N) is 2. The molecule has 0 unspecified atom stereocenters. The molecule has 2 aliphatic rings. The molecule has 0 amide bonds. The van der Waals surface area contributed by atoms with E-state index in [2.05, 4.69) is 15.4 Å². The molecule has 0 radical (unpaired) electrons.